The molecule has 4 aliphatic heterocycles. The summed E-state index contributed by atoms with van der Waals surface area (Å²) in [6, 6.07) is 31.6. The second-order valence-corrected chi connectivity index (χ2v) is 25.0. The number of anilines is 1. The van der Waals surface area contributed by atoms with E-state index in [1.807, 2.05) is 49.1 Å². The van der Waals surface area contributed by atoms with E-state index in [2.05, 4.69) is 75.3 Å². The number of piperazine rings is 2. The summed E-state index contributed by atoms with van der Waals surface area (Å²) in [5.41, 5.74) is 10.5. The zero-order chi connectivity index (χ0) is 56.5. The van der Waals surface area contributed by atoms with Gasteiger partial charge in [-0.05, 0) is 122 Å². The van der Waals surface area contributed by atoms with Gasteiger partial charge in [0.25, 0.3) is 0 Å². The van der Waals surface area contributed by atoms with Crippen molar-refractivity contribution >= 4 is 37.5 Å². The molecule has 21 heteroatoms. The van der Waals surface area contributed by atoms with Crippen LogP contribution in [0.2, 0.25) is 5.15 Å². The molecule has 4 aromatic carbocycles. The van der Waals surface area contributed by atoms with Crippen LogP contribution < -0.4 is 10.2 Å². The Morgan fingerprint density at radius 2 is 1.00 bits per heavy atom. The van der Waals surface area contributed by atoms with Crippen molar-refractivity contribution < 1.29 is 25.6 Å². The number of likely N-dealkylation sites (N-methyl/N-ethyl adjacent to an activating group) is 2. The van der Waals surface area contributed by atoms with Gasteiger partial charge in [0.15, 0.2) is 0 Å². The molecule has 4 aromatic heterocycles. The van der Waals surface area contributed by atoms with Crippen LogP contribution in [0.25, 0.3) is 22.5 Å². The molecule has 16 nitrogen and oxygen atoms in total. The van der Waals surface area contributed by atoms with E-state index in [0.717, 1.165) is 114 Å². The number of halogens is 3. The van der Waals surface area contributed by atoms with E-state index in [9.17, 15) is 25.6 Å². The molecule has 81 heavy (non-hydrogen) atoms. The Morgan fingerprint density at radius 1 is 0.531 bits per heavy atom. The molecule has 0 unspecified atom stereocenters. The molecule has 2 fully saturated rings. The summed E-state index contributed by atoms with van der Waals surface area (Å²) in [6.45, 7) is 11.2. The molecule has 0 bridgehead atoms. The number of nitrogens with zero attached hydrogens (tertiary/aromatic N) is 11. The van der Waals surface area contributed by atoms with Gasteiger partial charge in [0.2, 0.25) is 20.0 Å². The fourth-order valence-corrected chi connectivity index (χ4v) is 13.5. The molecule has 1 N–H and O–H groups in total. The number of hydrogen-bond donors (Lipinski definition) is 1. The van der Waals surface area contributed by atoms with Gasteiger partial charge in [0, 0.05) is 115 Å². The highest BCUT2D eigenvalue weighted by Crippen LogP contribution is 2.35. The first-order valence-electron chi connectivity index (χ1n) is 27.3. The van der Waals surface area contributed by atoms with E-state index in [1.165, 1.54) is 66.2 Å². The lowest BCUT2D eigenvalue weighted by molar-refractivity contribution is 0.291. The zero-order valence-electron chi connectivity index (χ0n) is 45.6. The average Bonchev–Trinajstić information content (AvgIpc) is 4.21. The molecule has 0 atom stereocenters. The molecule has 8 aromatic rings. The normalized spacial score (nSPS) is 16.4. The molecule has 0 amide bonds. The minimum atomic E-state index is -3.68. The van der Waals surface area contributed by atoms with Crippen LogP contribution in [0.4, 0.5) is 14.6 Å². The first kappa shape index (κ1) is 57.5. The standard InChI is InChI=1S/C30H33FN6O2S.C25H22ClFN4O2S.C5H12N2/c1-34-15-17-35(18-16-34)30-10-9-26(19-33-30)40(38,39)37-14-12-27-24(21-37)3-2-4-28(27)29-20-32-22-36(29)13-11-23-5-7-25(31)8-6-23;26-25-9-8-21(14-29-25)34(32,33)31-13-11-22-19(16-31)2-1-3-23(22)24-15-28-17-30(24)12-10-18-4-6-20(27)7-5-18;1-7-4-2-6-3-5-7/h2-10,19-20,22H,11-18,21H2,1H3;1-9,14-15,17H,10-13,16H2;6H,2-5H2,1H3. The number of sulfonamides is 2. The van der Waals surface area contributed by atoms with Crippen LogP contribution in [0.5, 0.6) is 0 Å². The smallest absolute Gasteiger partial charge is 0.244 e. The summed E-state index contributed by atoms with van der Waals surface area (Å²) in [5.74, 6) is 0.334. The van der Waals surface area contributed by atoms with Crippen molar-refractivity contribution in [2.24, 2.45) is 0 Å². The van der Waals surface area contributed by atoms with E-state index in [0.29, 0.717) is 45.6 Å². The third-order valence-corrected chi connectivity index (χ3v) is 19.3. The Kier molecular flexibility index (Phi) is 18.5. The van der Waals surface area contributed by atoms with Gasteiger partial charge < -0.3 is 29.2 Å². The zero-order valence-corrected chi connectivity index (χ0v) is 48.0. The Balaban J connectivity index is 0.000000164. The van der Waals surface area contributed by atoms with Crippen LogP contribution in [0.3, 0.4) is 0 Å². The van der Waals surface area contributed by atoms with Gasteiger partial charge in [-0.2, -0.15) is 8.61 Å². The third kappa shape index (κ3) is 14.0. The molecular weight excluding hydrogens is 1090 g/mol. The summed E-state index contributed by atoms with van der Waals surface area (Å²) in [4.78, 5) is 24.3. The second-order valence-electron chi connectivity index (χ2n) is 20.8. The lowest BCUT2D eigenvalue weighted by atomic mass is 9.94. The lowest BCUT2D eigenvalue weighted by Gasteiger charge is -2.33. The number of aryl methyl sites for hydroxylation is 4. The van der Waals surface area contributed by atoms with Gasteiger partial charge in [-0.15, -0.1) is 0 Å². The number of hydrogen-bond acceptors (Lipinski definition) is 12. The third-order valence-electron chi connectivity index (χ3n) is 15.4. The van der Waals surface area contributed by atoms with Crippen molar-refractivity contribution in [3.05, 3.63) is 197 Å². The highest BCUT2D eigenvalue weighted by Gasteiger charge is 2.32. The number of benzene rings is 4. The molecule has 4 aliphatic rings. The van der Waals surface area contributed by atoms with E-state index in [1.54, 1.807) is 41.0 Å². The van der Waals surface area contributed by atoms with Crippen molar-refractivity contribution in [2.45, 2.75) is 61.7 Å². The monoisotopic (exact) mass is 1160 g/mol. The topological polar surface area (TPSA) is 158 Å². The first-order valence-corrected chi connectivity index (χ1v) is 30.6. The van der Waals surface area contributed by atoms with Crippen LogP contribution >= 0.6 is 11.6 Å². The van der Waals surface area contributed by atoms with Crippen LogP contribution in [0, 0.1) is 11.6 Å². The molecule has 8 heterocycles. The maximum atomic E-state index is 13.6. The van der Waals surface area contributed by atoms with Gasteiger partial charge in [0.1, 0.15) is 32.4 Å². The number of nitrogens with one attached hydrogen (secondary N) is 1. The number of fused-ring (bicyclic) bond motifs is 2. The summed E-state index contributed by atoms with van der Waals surface area (Å²) in [6.07, 6.45) is 12.8. The Hall–Kier alpha value is -6.75. The number of pyridine rings is 2. The van der Waals surface area contributed by atoms with Gasteiger partial charge >= 0.3 is 0 Å². The van der Waals surface area contributed by atoms with Crippen molar-refractivity contribution in [2.75, 3.05) is 84.4 Å². The van der Waals surface area contributed by atoms with Gasteiger partial charge in [-0.25, -0.2) is 45.6 Å². The molecule has 0 spiro atoms. The quantitative estimate of drug-likeness (QED) is 0.111. The van der Waals surface area contributed by atoms with Crippen molar-refractivity contribution in [3.63, 3.8) is 0 Å². The van der Waals surface area contributed by atoms with E-state index in [-0.39, 0.29) is 33.1 Å². The van der Waals surface area contributed by atoms with Crippen LogP contribution in [0.1, 0.15) is 33.4 Å². The van der Waals surface area contributed by atoms with E-state index < -0.39 is 20.0 Å². The Labute approximate surface area is 478 Å². The maximum absolute atomic E-state index is 13.6. The van der Waals surface area contributed by atoms with Crippen molar-refractivity contribution in [3.8, 4) is 22.5 Å². The number of rotatable bonds is 13. The predicted molar refractivity (Wildman–Crippen MR) is 312 cm³/mol. The fourth-order valence-electron chi connectivity index (χ4n) is 10.6. The van der Waals surface area contributed by atoms with Crippen LogP contribution in [-0.4, -0.2) is 144 Å². The molecule has 424 valence electrons. The SMILES string of the molecule is CN1CCN(c2ccc(S(=O)(=O)N3CCc4c(cccc4-c4cncn4CCc4ccc(F)cc4)C3)cn2)CC1.CN1CCNCC1.O=S(=O)(c1ccc(Cl)nc1)N1CCc2c(cccc2-c2cncn2CCc2ccc(F)cc2)C1. The van der Waals surface area contributed by atoms with Gasteiger partial charge in [-0.1, -0.05) is 72.3 Å². The molecular formula is C60H67ClF2N12O4S2. The lowest BCUT2D eigenvalue weighted by Crippen LogP contribution is -2.44. The first-order chi connectivity index (χ1) is 39.2. The molecule has 0 radical (unpaired) electrons. The van der Waals surface area contributed by atoms with E-state index in [4.69, 9.17) is 11.6 Å². The van der Waals surface area contributed by atoms with Crippen molar-refractivity contribution in [1.82, 2.24) is 52.8 Å². The average molecular weight is 1160 g/mol. The largest absolute Gasteiger partial charge is 0.354 e. The highest BCUT2D eigenvalue weighted by molar-refractivity contribution is 7.89. The van der Waals surface area contributed by atoms with Crippen molar-refractivity contribution in [1.29, 1.82) is 0 Å². The van der Waals surface area contributed by atoms with E-state index >= 15 is 0 Å². The van der Waals surface area contributed by atoms with Crippen LogP contribution in [-0.2, 0) is 71.9 Å². The second kappa shape index (κ2) is 26.0. The fraction of sp³-hybridized carbons (Fsp3) is 0.333. The Bertz CT molecular complexity index is 3610. The summed E-state index contributed by atoms with van der Waals surface area (Å²) in [7, 11) is -3.09. The van der Waals surface area contributed by atoms with Gasteiger partial charge in [0.05, 0.1) is 36.4 Å². The number of aromatic nitrogens is 6. The molecule has 0 aliphatic carbocycles. The summed E-state index contributed by atoms with van der Waals surface area (Å²) >= 11 is 5.82. The minimum Gasteiger partial charge on any atom is -0.354 e. The van der Waals surface area contributed by atoms with Crippen LogP contribution in [0.15, 0.2) is 156 Å². The maximum Gasteiger partial charge on any atom is 0.244 e. The highest BCUT2D eigenvalue weighted by atomic mass is 35.5. The summed E-state index contributed by atoms with van der Waals surface area (Å²) in [5, 5.41) is 3.53. The number of imidazole rings is 2. The Morgan fingerprint density at radius 3 is 1.43 bits per heavy atom. The molecule has 0 saturated carbocycles. The minimum absolute atomic E-state index is 0.135. The van der Waals surface area contributed by atoms with Gasteiger partial charge in [-0.3, -0.25) is 0 Å². The predicted octanol–water partition coefficient (Wildman–Crippen LogP) is 8.07. The molecule has 12 rings (SSSR count). The molecule has 2 saturated heterocycles. The summed E-state index contributed by atoms with van der Waals surface area (Å²) < 4.78 is 87.1.